The average Bonchev–Trinajstić information content (AvgIpc) is 2.18. The third-order valence-electron chi connectivity index (χ3n) is 1.67. The molecular weight excluding hydrogens is 255 g/mol. The summed E-state index contributed by atoms with van der Waals surface area (Å²) in [5, 5.41) is 6.73. The van der Waals surface area contributed by atoms with Gasteiger partial charge in [-0.25, -0.2) is 22.0 Å². The minimum atomic E-state index is -2.22. The smallest absolute Gasteiger partial charge is 0.200 e. The molecule has 90 valence electrons. The summed E-state index contributed by atoms with van der Waals surface area (Å²) in [5.41, 5.74) is 3.71. The number of amidine groups is 1. The van der Waals surface area contributed by atoms with Crippen LogP contribution in [-0.4, -0.2) is 5.84 Å². The summed E-state index contributed by atoms with van der Waals surface area (Å²) in [7, 11) is 0. The summed E-state index contributed by atoms with van der Waals surface area (Å²) >= 11 is 0. The first-order valence-electron chi connectivity index (χ1n) is 3.69. The van der Waals surface area contributed by atoms with Gasteiger partial charge in [-0.15, -0.1) is 12.4 Å². The fraction of sp³-hybridized carbons (Fsp3) is 0.125. The fourth-order valence-electron chi connectivity index (χ4n) is 0.996. The number of nitrogens with two attached hydrogens (primary N) is 1. The van der Waals surface area contributed by atoms with E-state index in [1.165, 1.54) is 0 Å². The van der Waals surface area contributed by atoms with E-state index >= 15 is 0 Å². The van der Waals surface area contributed by atoms with Crippen LogP contribution < -0.4 is 5.73 Å². The maximum absolute atomic E-state index is 12.9. The van der Waals surface area contributed by atoms with Crippen LogP contribution in [0.5, 0.6) is 0 Å². The Bertz CT molecular complexity index is 406. The zero-order valence-electron chi connectivity index (χ0n) is 7.58. The molecule has 0 amide bonds. The van der Waals surface area contributed by atoms with Crippen LogP contribution in [0.1, 0.15) is 5.56 Å². The summed E-state index contributed by atoms with van der Waals surface area (Å²) in [4.78, 5) is 0. The molecule has 0 atom stereocenters. The molecule has 1 aromatic rings. The van der Waals surface area contributed by atoms with Gasteiger partial charge >= 0.3 is 0 Å². The molecule has 0 saturated heterocycles. The molecule has 0 fully saturated rings. The van der Waals surface area contributed by atoms with Crippen molar-refractivity contribution in [3.63, 3.8) is 0 Å². The van der Waals surface area contributed by atoms with Gasteiger partial charge in [-0.3, -0.25) is 5.41 Å². The Kier molecular flexibility index (Phi) is 4.67. The molecule has 0 aromatic heterocycles. The van der Waals surface area contributed by atoms with Crippen molar-refractivity contribution >= 4 is 18.2 Å². The minimum Gasteiger partial charge on any atom is -0.387 e. The molecule has 0 aliphatic rings. The van der Waals surface area contributed by atoms with Crippen molar-refractivity contribution in [3.05, 3.63) is 34.6 Å². The molecule has 0 aliphatic carbocycles. The molecular formula is C8H6ClF5N2. The Balaban J connectivity index is 0.00000225. The van der Waals surface area contributed by atoms with Crippen LogP contribution in [0.25, 0.3) is 0 Å². The minimum absolute atomic E-state index is 0. The molecule has 0 bridgehead atoms. The Morgan fingerprint density at radius 1 is 0.875 bits per heavy atom. The second-order valence-electron chi connectivity index (χ2n) is 2.75. The predicted molar refractivity (Wildman–Crippen MR) is 49.1 cm³/mol. The van der Waals surface area contributed by atoms with E-state index in [0.29, 0.717) is 0 Å². The van der Waals surface area contributed by atoms with Gasteiger partial charge in [0.15, 0.2) is 23.3 Å². The number of benzene rings is 1. The van der Waals surface area contributed by atoms with E-state index < -0.39 is 46.9 Å². The third-order valence-corrected chi connectivity index (χ3v) is 1.67. The van der Waals surface area contributed by atoms with Gasteiger partial charge in [0, 0.05) is 12.0 Å². The largest absolute Gasteiger partial charge is 0.387 e. The van der Waals surface area contributed by atoms with Gasteiger partial charge in [0.2, 0.25) is 5.82 Å². The summed E-state index contributed by atoms with van der Waals surface area (Å²) in [6, 6.07) is 0. The lowest BCUT2D eigenvalue weighted by Gasteiger charge is -2.06. The molecule has 8 heteroatoms. The summed E-state index contributed by atoms with van der Waals surface area (Å²) < 4.78 is 63.5. The zero-order valence-corrected chi connectivity index (χ0v) is 8.40. The molecule has 0 spiro atoms. The lowest BCUT2D eigenvalue weighted by molar-refractivity contribution is 0.372. The molecule has 0 aliphatic heterocycles. The van der Waals surface area contributed by atoms with Crippen LogP contribution in [0, 0.1) is 34.5 Å². The van der Waals surface area contributed by atoms with Gasteiger partial charge in [0.05, 0.1) is 5.84 Å². The highest BCUT2D eigenvalue weighted by atomic mass is 35.5. The highest BCUT2D eigenvalue weighted by Crippen LogP contribution is 2.23. The first-order chi connectivity index (χ1) is 6.86. The quantitative estimate of drug-likeness (QED) is 0.277. The van der Waals surface area contributed by atoms with Gasteiger partial charge < -0.3 is 5.73 Å². The molecule has 1 aromatic carbocycles. The Morgan fingerprint density at radius 3 is 1.50 bits per heavy atom. The van der Waals surface area contributed by atoms with Crippen LogP contribution in [0.4, 0.5) is 22.0 Å². The summed E-state index contributed by atoms with van der Waals surface area (Å²) in [6.07, 6.45) is -0.828. The molecule has 0 heterocycles. The highest BCUT2D eigenvalue weighted by molar-refractivity contribution is 5.85. The molecule has 0 saturated carbocycles. The van der Waals surface area contributed by atoms with E-state index in [9.17, 15) is 22.0 Å². The van der Waals surface area contributed by atoms with E-state index in [2.05, 4.69) is 0 Å². The van der Waals surface area contributed by atoms with Gasteiger partial charge in [-0.2, -0.15) is 0 Å². The number of halogens is 6. The van der Waals surface area contributed by atoms with E-state index in [-0.39, 0.29) is 12.4 Å². The zero-order chi connectivity index (χ0) is 11.7. The van der Waals surface area contributed by atoms with Crippen molar-refractivity contribution in [1.29, 1.82) is 5.41 Å². The maximum atomic E-state index is 12.9. The van der Waals surface area contributed by atoms with Crippen LogP contribution >= 0.6 is 12.4 Å². The summed E-state index contributed by atoms with van der Waals surface area (Å²) in [5.74, 6) is -10.9. The van der Waals surface area contributed by atoms with Crippen molar-refractivity contribution in [2.45, 2.75) is 6.42 Å². The Hall–Kier alpha value is -1.37. The van der Waals surface area contributed by atoms with Gasteiger partial charge in [-0.05, 0) is 0 Å². The van der Waals surface area contributed by atoms with Gasteiger partial charge in [0.25, 0.3) is 0 Å². The van der Waals surface area contributed by atoms with Crippen LogP contribution in [0.3, 0.4) is 0 Å². The van der Waals surface area contributed by atoms with E-state index in [1.807, 2.05) is 0 Å². The van der Waals surface area contributed by atoms with E-state index in [1.54, 1.807) is 0 Å². The van der Waals surface area contributed by atoms with Gasteiger partial charge in [-0.1, -0.05) is 0 Å². The number of hydrogen-bond acceptors (Lipinski definition) is 1. The maximum Gasteiger partial charge on any atom is 0.200 e. The SMILES string of the molecule is Cl.N=C(N)Cc1c(F)c(F)c(F)c(F)c1F. The molecule has 0 radical (unpaired) electrons. The van der Waals surface area contributed by atoms with Crippen LogP contribution in [0.2, 0.25) is 0 Å². The average molecular weight is 261 g/mol. The predicted octanol–water partition coefficient (Wildman–Crippen LogP) is 2.28. The Labute approximate surface area is 93.2 Å². The lowest BCUT2D eigenvalue weighted by atomic mass is 10.1. The van der Waals surface area contributed by atoms with E-state index in [0.717, 1.165) is 0 Å². The van der Waals surface area contributed by atoms with E-state index in [4.69, 9.17) is 11.1 Å². The number of nitrogens with one attached hydrogen (secondary N) is 1. The first-order valence-corrected chi connectivity index (χ1v) is 3.69. The number of hydrogen-bond donors (Lipinski definition) is 2. The van der Waals surface area contributed by atoms with Crippen LogP contribution in [0.15, 0.2) is 0 Å². The lowest BCUT2D eigenvalue weighted by Crippen LogP contribution is -2.17. The summed E-state index contributed by atoms with van der Waals surface area (Å²) in [6.45, 7) is 0. The fourth-order valence-corrected chi connectivity index (χ4v) is 0.996. The molecule has 2 nitrogen and oxygen atoms in total. The van der Waals surface area contributed by atoms with Crippen molar-refractivity contribution < 1.29 is 22.0 Å². The first kappa shape index (κ1) is 14.6. The standard InChI is InChI=1S/C8H5F5N2.ClH/c9-4-2(1-3(14)15)5(10)7(12)8(13)6(4)11;/h1H2,(H3,14,15);1H. The van der Waals surface area contributed by atoms with Crippen LogP contribution in [-0.2, 0) is 6.42 Å². The third kappa shape index (κ3) is 2.41. The normalized spacial score (nSPS) is 9.81. The van der Waals surface area contributed by atoms with Crippen molar-refractivity contribution in [2.24, 2.45) is 5.73 Å². The van der Waals surface area contributed by atoms with Crippen molar-refractivity contribution in [2.75, 3.05) is 0 Å². The second kappa shape index (κ2) is 5.11. The molecule has 16 heavy (non-hydrogen) atoms. The molecule has 3 N–H and O–H groups in total. The monoisotopic (exact) mass is 260 g/mol. The topological polar surface area (TPSA) is 49.9 Å². The van der Waals surface area contributed by atoms with Gasteiger partial charge in [0.1, 0.15) is 0 Å². The Morgan fingerprint density at radius 2 is 1.19 bits per heavy atom. The van der Waals surface area contributed by atoms with Crippen molar-refractivity contribution in [3.8, 4) is 0 Å². The highest BCUT2D eigenvalue weighted by Gasteiger charge is 2.25. The number of rotatable bonds is 2. The van der Waals surface area contributed by atoms with Crippen molar-refractivity contribution in [1.82, 2.24) is 0 Å². The molecule has 1 rings (SSSR count). The second-order valence-corrected chi connectivity index (χ2v) is 2.75. The molecule has 0 unspecified atom stereocenters.